The van der Waals surface area contributed by atoms with Gasteiger partial charge in [0.25, 0.3) is 0 Å². The summed E-state index contributed by atoms with van der Waals surface area (Å²) in [5, 5.41) is 25.8. The van der Waals surface area contributed by atoms with Gasteiger partial charge >= 0.3 is 0 Å². The Labute approximate surface area is 302 Å². The Morgan fingerprint density at radius 1 is 0.922 bits per heavy atom. The Hall–Kier alpha value is -4.68. The second-order valence-corrected chi connectivity index (χ2v) is 13.6. The number of rotatable bonds is 14. The molecule has 2 aromatic heterocycles. The van der Waals surface area contributed by atoms with E-state index < -0.39 is 0 Å². The van der Waals surface area contributed by atoms with E-state index in [2.05, 4.69) is 16.0 Å². The summed E-state index contributed by atoms with van der Waals surface area (Å²) in [5.41, 5.74) is 6.86. The maximum atomic E-state index is 11.6. The van der Waals surface area contributed by atoms with Gasteiger partial charge in [0.1, 0.15) is 11.5 Å². The van der Waals surface area contributed by atoms with E-state index in [4.69, 9.17) is 35.9 Å². The summed E-state index contributed by atoms with van der Waals surface area (Å²) in [5.74, 6) is 2.50. The van der Waals surface area contributed by atoms with Crippen LogP contribution in [-0.4, -0.2) is 72.3 Å². The molecule has 4 N–H and O–H groups in total. The molecule has 12 heteroatoms. The van der Waals surface area contributed by atoms with Gasteiger partial charge in [-0.05, 0) is 49.4 Å². The van der Waals surface area contributed by atoms with Gasteiger partial charge in [-0.15, -0.1) is 0 Å². The van der Waals surface area contributed by atoms with E-state index in [-0.39, 0.29) is 18.1 Å². The van der Waals surface area contributed by atoms with Crippen molar-refractivity contribution >= 4 is 28.4 Å². The van der Waals surface area contributed by atoms with Crippen LogP contribution in [0.1, 0.15) is 36.8 Å². The molecule has 2 fully saturated rings. The first-order valence-electron chi connectivity index (χ1n) is 17.3. The van der Waals surface area contributed by atoms with Crippen LogP contribution in [0.4, 0.5) is 0 Å². The van der Waals surface area contributed by atoms with Crippen molar-refractivity contribution in [3.63, 3.8) is 0 Å². The topological polar surface area (TPSA) is 132 Å². The number of ether oxygens (including phenoxy) is 3. The number of pyridine rings is 1. The number of carbonyl (C=O) groups excluding carboxylic acids is 1. The van der Waals surface area contributed by atoms with Crippen LogP contribution in [0.5, 0.6) is 17.4 Å². The number of benzene rings is 3. The maximum Gasteiger partial charge on any atom is 0.220 e. The first-order chi connectivity index (χ1) is 24.9. The Morgan fingerprint density at radius 3 is 2.35 bits per heavy atom. The molecule has 11 nitrogen and oxygen atoms in total. The molecule has 0 bridgehead atoms. The van der Waals surface area contributed by atoms with Crippen LogP contribution >= 0.6 is 11.6 Å². The number of hydrogen-bond acceptors (Lipinski definition) is 9. The minimum absolute atomic E-state index is 0.0974. The van der Waals surface area contributed by atoms with Gasteiger partial charge in [0, 0.05) is 66.3 Å². The van der Waals surface area contributed by atoms with Crippen LogP contribution in [0.3, 0.4) is 0 Å². The molecule has 1 atom stereocenters. The maximum absolute atomic E-state index is 11.6. The lowest BCUT2D eigenvalue weighted by Gasteiger charge is -2.31. The smallest absolute Gasteiger partial charge is 0.220 e. The molecule has 7 rings (SSSR count). The van der Waals surface area contributed by atoms with Gasteiger partial charge in [-0.3, -0.25) is 4.79 Å². The number of halogens is 1. The van der Waals surface area contributed by atoms with E-state index in [1.807, 2.05) is 71.5 Å². The highest BCUT2D eigenvalue weighted by atomic mass is 35.5. The zero-order valence-corrected chi connectivity index (χ0v) is 29.8. The van der Waals surface area contributed by atoms with Gasteiger partial charge in [-0.2, -0.15) is 5.10 Å². The molecule has 3 heterocycles. The normalized spacial score (nSPS) is 18.5. The van der Waals surface area contributed by atoms with Crippen LogP contribution in [0.25, 0.3) is 39.0 Å². The average molecular weight is 711 g/mol. The largest absolute Gasteiger partial charge is 0.496 e. The van der Waals surface area contributed by atoms with E-state index in [1.165, 1.54) is 0 Å². The van der Waals surface area contributed by atoms with Crippen molar-refractivity contribution in [1.29, 1.82) is 0 Å². The fourth-order valence-electron chi connectivity index (χ4n) is 7.11. The van der Waals surface area contributed by atoms with Crippen molar-refractivity contribution in [1.82, 2.24) is 30.7 Å². The number of methoxy groups -OCH3 is 3. The van der Waals surface area contributed by atoms with E-state index in [1.54, 1.807) is 21.3 Å². The van der Waals surface area contributed by atoms with Crippen LogP contribution in [0.15, 0.2) is 66.9 Å². The third-order valence-corrected chi connectivity index (χ3v) is 10.3. The molecule has 2 aliphatic rings. The molecule has 3 aromatic carbocycles. The zero-order valence-electron chi connectivity index (χ0n) is 29.0. The molecule has 1 aliphatic carbocycles. The number of amides is 1. The Morgan fingerprint density at radius 2 is 1.65 bits per heavy atom. The molecule has 0 unspecified atom stereocenters. The number of carbonyl (C=O) groups is 1. The second-order valence-electron chi connectivity index (χ2n) is 13.2. The van der Waals surface area contributed by atoms with E-state index >= 15 is 0 Å². The summed E-state index contributed by atoms with van der Waals surface area (Å²) >= 11 is 7.18. The summed E-state index contributed by atoms with van der Waals surface area (Å²) in [6, 6.07) is 20.1. The van der Waals surface area contributed by atoms with Crippen LogP contribution in [-0.2, 0) is 17.9 Å². The molecule has 266 valence electrons. The number of nitrogens with one attached hydrogen (secondary N) is 3. The quantitative estimate of drug-likeness (QED) is 0.115. The molecule has 1 aliphatic heterocycles. The lowest BCUT2D eigenvalue weighted by molar-refractivity contribution is -0.119. The Balaban J connectivity index is 1.15. The van der Waals surface area contributed by atoms with Crippen molar-refractivity contribution < 1.29 is 24.1 Å². The highest BCUT2D eigenvalue weighted by Crippen LogP contribution is 2.40. The fraction of sp³-hybridized carbons (Fsp3) is 0.359. The molecule has 1 saturated carbocycles. The lowest BCUT2D eigenvalue weighted by atomic mass is 9.82. The third kappa shape index (κ3) is 7.25. The SMILES string of the molecule is COc1cc(-n2ncc3c(-c4cccc(-c5ccc(CNCC6CC(O)C6)c(OC)n5)c4Cl)cccc32)cc(OC)c1CNC[C@@H]1CCC(=O)N1. The predicted molar refractivity (Wildman–Crippen MR) is 198 cm³/mol. The standard InChI is InChI=1S/C39H43ClN6O5/c1-49-35-16-26(17-36(50-2)32(35)21-42-20-25-11-13-37(48)44-25)46-34-9-5-6-28(31(34)22-43-46)29-7-4-8-30(38(29)40)33-12-10-24(39(45-33)51-3)19-41-18-23-14-27(47)15-23/h4-10,12,16-17,22-23,25,27,41-42,47H,11,13-15,18-21H2,1-3H3,(H,44,48)/t23?,25-,27?/m0/s1. The van der Waals surface area contributed by atoms with Crippen molar-refractivity contribution in [3.8, 4) is 45.5 Å². The number of aliphatic hydroxyl groups excluding tert-OH is 1. The van der Waals surface area contributed by atoms with Crippen LogP contribution in [0.2, 0.25) is 5.02 Å². The number of aromatic nitrogens is 3. The van der Waals surface area contributed by atoms with Gasteiger partial charge < -0.3 is 35.3 Å². The lowest BCUT2D eigenvalue weighted by Crippen LogP contribution is -2.35. The minimum atomic E-state index is -0.157. The average Bonchev–Trinajstić information content (AvgIpc) is 3.77. The summed E-state index contributed by atoms with van der Waals surface area (Å²) in [4.78, 5) is 16.4. The molecule has 0 radical (unpaired) electrons. The fourth-order valence-corrected chi connectivity index (χ4v) is 7.43. The van der Waals surface area contributed by atoms with Crippen LogP contribution < -0.4 is 30.2 Å². The summed E-state index contributed by atoms with van der Waals surface area (Å²) < 4.78 is 19.2. The zero-order chi connectivity index (χ0) is 35.5. The molecule has 0 spiro atoms. The van der Waals surface area contributed by atoms with Gasteiger partial charge in [-0.1, -0.05) is 48.0 Å². The summed E-state index contributed by atoms with van der Waals surface area (Å²) in [6.07, 6.45) is 4.79. The molecule has 51 heavy (non-hydrogen) atoms. The Bertz CT molecular complexity index is 2020. The highest BCUT2D eigenvalue weighted by molar-refractivity contribution is 6.36. The van der Waals surface area contributed by atoms with Gasteiger partial charge in [-0.25, -0.2) is 9.67 Å². The van der Waals surface area contributed by atoms with E-state index in [0.29, 0.717) is 60.1 Å². The molecule has 5 aromatic rings. The monoisotopic (exact) mass is 710 g/mol. The van der Waals surface area contributed by atoms with Crippen molar-refractivity contribution in [2.45, 2.75) is 50.9 Å². The number of aliphatic hydroxyl groups is 1. The minimum Gasteiger partial charge on any atom is -0.496 e. The first kappa shape index (κ1) is 34.8. The summed E-state index contributed by atoms with van der Waals surface area (Å²) in [6.45, 7) is 2.66. The molecular formula is C39H43ClN6O5. The summed E-state index contributed by atoms with van der Waals surface area (Å²) in [7, 11) is 4.92. The molecule has 1 amide bonds. The first-order valence-corrected chi connectivity index (χ1v) is 17.7. The molecular weight excluding hydrogens is 668 g/mol. The predicted octanol–water partition coefficient (Wildman–Crippen LogP) is 5.66. The van der Waals surface area contributed by atoms with Gasteiger partial charge in [0.05, 0.1) is 61.1 Å². The second kappa shape index (κ2) is 15.3. The Kier molecular flexibility index (Phi) is 10.4. The number of hydrogen-bond donors (Lipinski definition) is 4. The van der Waals surface area contributed by atoms with Crippen molar-refractivity contribution in [2.75, 3.05) is 34.4 Å². The van der Waals surface area contributed by atoms with Crippen molar-refractivity contribution in [3.05, 3.63) is 83.0 Å². The molecule has 1 saturated heterocycles. The van der Waals surface area contributed by atoms with E-state index in [9.17, 15) is 9.90 Å². The van der Waals surface area contributed by atoms with Crippen molar-refractivity contribution in [2.24, 2.45) is 5.92 Å². The van der Waals surface area contributed by atoms with Gasteiger partial charge in [0.2, 0.25) is 11.8 Å². The highest BCUT2D eigenvalue weighted by Gasteiger charge is 2.27. The third-order valence-electron chi connectivity index (χ3n) is 9.88. The number of nitrogens with zero attached hydrogens (tertiary/aromatic N) is 3. The van der Waals surface area contributed by atoms with Gasteiger partial charge in [0.15, 0.2) is 0 Å². The van der Waals surface area contributed by atoms with Crippen LogP contribution in [0, 0.1) is 5.92 Å². The van der Waals surface area contributed by atoms with E-state index in [0.717, 1.165) is 70.2 Å². The number of fused-ring (bicyclic) bond motifs is 1.